The lowest BCUT2D eigenvalue weighted by molar-refractivity contribution is -0.124. The molecule has 11 heteroatoms. The predicted octanol–water partition coefficient (Wildman–Crippen LogP) is 4.95. The van der Waals surface area contributed by atoms with Crippen LogP contribution in [0.15, 0.2) is 76.0 Å². The van der Waals surface area contributed by atoms with E-state index in [0.717, 1.165) is 4.31 Å². The van der Waals surface area contributed by atoms with Gasteiger partial charge < -0.3 is 18.8 Å². The van der Waals surface area contributed by atoms with Gasteiger partial charge in [-0.3, -0.25) is 4.79 Å². The van der Waals surface area contributed by atoms with Gasteiger partial charge in [-0.1, -0.05) is 17.7 Å². The van der Waals surface area contributed by atoms with Gasteiger partial charge in [0.15, 0.2) is 11.7 Å². The minimum absolute atomic E-state index is 0.0737. The van der Waals surface area contributed by atoms with Crippen molar-refractivity contribution in [1.29, 1.82) is 0 Å². The Hall–Kier alpha value is -3.60. The molecule has 0 spiro atoms. The summed E-state index contributed by atoms with van der Waals surface area (Å²) in [4.78, 5) is 18.6. The van der Waals surface area contributed by atoms with Crippen LogP contribution >= 0.6 is 11.6 Å². The van der Waals surface area contributed by atoms with E-state index in [1.165, 1.54) is 31.1 Å². The standard InChI is InChI=1S/C25H24ClN3O6S/c1-16(24(30)29(4)18-6-5-7-21(15-18)36(31,32)28(2)3)33-19-9-11-20(12-10-19)34-25-27-22-14-17(26)8-13-23(22)35-25/h5-16H,1-4H3. The van der Waals surface area contributed by atoms with E-state index < -0.39 is 16.1 Å². The van der Waals surface area contributed by atoms with Gasteiger partial charge in [0, 0.05) is 31.9 Å². The Labute approximate surface area is 213 Å². The van der Waals surface area contributed by atoms with Crippen molar-refractivity contribution in [2.24, 2.45) is 0 Å². The Kier molecular flexibility index (Phi) is 7.21. The van der Waals surface area contributed by atoms with E-state index in [9.17, 15) is 13.2 Å². The number of rotatable bonds is 8. The summed E-state index contributed by atoms with van der Waals surface area (Å²) in [5.74, 6) is 0.569. The number of hydrogen-bond acceptors (Lipinski definition) is 7. The second-order valence-corrected chi connectivity index (χ2v) is 10.7. The number of likely N-dealkylation sites (N-methyl/N-ethyl adjacent to an activating group) is 1. The summed E-state index contributed by atoms with van der Waals surface area (Å²) in [6.45, 7) is 1.62. The number of carbonyl (C=O) groups is 1. The summed E-state index contributed by atoms with van der Waals surface area (Å²) in [5, 5.41) is 0.546. The minimum atomic E-state index is -3.63. The summed E-state index contributed by atoms with van der Waals surface area (Å²) in [7, 11) is 0.836. The lowest BCUT2D eigenvalue weighted by Gasteiger charge is -2.23. The first-order valence-corrected chi connectivity index (χ1v) is 12.7. The van der Waals surface area contributed by atoms with Crippen LogP contribution in [0.5, 0.6) is 17.6 Å². The summed E-state index contributed by atoms with van der Waals surface area (Å²) >= 11 is 5.97. The lowest BCUT2D eigenvalue weighted by Crippen LogP contribution is -2.38. The number of benzene rings is 3. The molecule has 4 aromatic rings. The van der Waals surface area contributed by atoms with Crippen LogP contribution in [0.25, 0.3) is 11.1 Å². The summed E-state index contributed by atoms with van der Waals surface area (Å²) in [5.41, 5.74) is 1.57. The van der Waals surface area contributed by atoms with E-state index in [1.54, 1.807) is 68.6 Å². The SMILES string of the molecule is CC(Oc1ccc(Oc2nc3cc(Cl)ccc3o2)cc1)C(=O)N(C)c1cccc(S(=O)(=O)N(C)C)c1. The second kappa shape index (κ2) is 10.2. The lowest BCUT2D eigenvalue weighted by atomic mass is 10.2. The zero-order chi connectivity index (χ0) is 26.0. The van der Waals surface area contributed by atoms with Crippen LogP contribution in [0.2, 0.25) is 5.02 Å². The first-order chi connectivity index (χ1) is 17.0. The average Bonchev–Trinajstić information content (AvgIpc) is 3.25. The monoisotopic (exact) mass is 529 g/mol. The number of sulfonamides is 1. The number of hydrogen-bond donors (Lipinski definition) is 0. The molecule has 36 heavy (non-hydrogen) atoms. The third-order valence-corrected chi connectivity index (χ3v) is 7.38. The highest BCUT2D eigenvalue weighted by Crippen LogP contribution is 2.28. The van der Waals surface area contributed by atoms with Crippen LogP contribution in [0.4, 0.5) is 5.69 Å². The van der Waals surface area contributed by atoms with Crippen LogP contribution in [0.3, 0.4) is 0 Å². The molecule has 0 aliphatic heterocycles. The maximum absolute atomic E-state index is 12.9. The topological polar surface area (TPSA) is 102 Å². The maximum Gasteiger partial charge on any atom is 0.400 e. The number of amides is 1. The van der Waals surface area contributed by atoms with E-state index in [-0.39, 0.29) is 16.9 Å². The third kappa shape index (κ3) is 5.46. The van der Waals surface area contributed by atoms with Gasteiger partial charge in [-0.15, -0.1) is 0 Å². The molecule has 0 saturated carbocycles. The minimum Gasteiger partial charge on any atom is -0.481 e. The molecule has 188 valence electrons. The van der Waals surface area contributed by atoms with Crippen LogP contribution in [-0.2, 0) is 14.8 Å². The molecule has 0 N–H and O–H groups in total. The summed E-state index contributed by atoms with van der Waals surface area (Å²) in [6, 6.07) is 17.9. The summed E-state index contributed by atoms with van der Waals surface area (Å²) < 4.78 is 43.0. The molecular formula is C25H24ClN3O6S. The Morgan fingerprint density at radius 3 is 2.39 bits per heavy atom. The molecule has 1 amide bonds. The Bertz CT molecular complexity index is 1500. The fraction of sp³-hybridized carbons (Fsp3) is 0.200. The normalized spacial score (nSPS) is 12.5. The largest absolute Gasteiger partial charge is 0.481 e. The number of anilines is 1. The fourth-order valence-corrected chi connectivity index (χ4v) is 4.44. The molecular weight excluding hydrogens is 506 g/mol. The van der Waals surface area contributed by atoms with Crippen molar-refractivity contribution in [3.8, 4) is 17.6 Å². The molecule has 1 atom stereocenters. The van der Waals surface area contributed by atoms with Gasteiger partial charge in [-0.2, -0.15) is 4.98 Å². The van der Waals surface area contributed by atoms with Crippen molar-refractivity contribution in [1.82, 2.24) is 9.29 Å². The number of ether oxygens (including phenoxy) is 2. The molecule has 0 fully saturated rings. The molecule has 0 aliphatic carbocycles. The van der Waals surface area contributed by atoms with Crippen molar-refractivity contribution in [3.63, 3.8) is 0 Å². The Morgan fingerprint density at radius 1 is 1.00 bits per heavy atom. The first kappa shape index (κ1) is 25.5. The van der Waals surface area contributed by atoms with Gasteiger partial charge in [0.05, 0.1) is 4.90 Å². The molecule has 0 aliphatic rings. The van der Waals surface area contributed by atoms with Gasteiger partial charge in [-0.25, -0.2) is 12.7 Å². The molecule has 3 aromatic carbocycles. The maximum atomic E-state index is 12.9. The van der Waals surface area contributed by atoms with Crippen molar-refractivity contribution in [2.75, 3.05) is 26.0 Å². The third-order valence-electron chi connectivity index (χ3n) is 5.33. The molecule has 4 rings (SSSR count). The van der Waals surface area contributed by atoms with E-state index in [0.29, 0.717) is 33.3 Å². The highest BCUT2D eigenvalue weighted by Gasteiger charge is 2.23. The van der Waals surface area contributed by atoms with Crippen molar-refractivity contribution >= 4 is 44.3 Å². The molecule has 1 aromatic heterocycles. The van der Waals surface area contributed by atoms with E-state index in [4.69, 9.17) is 25.5 Å². The van der Waals surface area contributed by atoms with E-state index in [1.807, 2.05) is 0 Å². The van der Waals surface area contributed by atoms with Crippen LogP contribution in [0.1, 0.15) is 6.92 Å². The Balaban J connectivity index is 1.41. The molecule has 0 bridgehead atoms. The van der Waals surface area contributed by atoms with E-state index >= 15 is 0 Å². The average molecular weight is 530 g/mol. The second-order valence-electron chi connectivity index (χ2n) is 8.11. The zero-order valence-electron chi connectivity index (χ0n) is 20.0. The highest BCUT2D eigenvalue weighted by atomic mass is 35.5. The smallest absolute Gasteiger partial charge is 0.400 e. The van der Waals surface area contributed by atoms with Crippen molar-refractivity contribution < 1.29 is 27.1 Å². The highest BCUT2D eigenvalue weighted by molar-refractivity contribution is 7.89. The number of carbonyl (C=O) groups excluding carboxylic acids is 1. The number of aromatic nitrogens is 1. The van der Waals surface area contributed by atoms with Crippen LogP contribution in [-0.4, -0.2) is 50.9 Å². The Morgan fingerprint density at radius 2 is 1.69 bits per heavy atom. The summed E-state index contributed by atoms with van der Waals surface area (Å²) in [6.07, 6.45) is -0.762. The van der Waals surface area contributed by atoms with Crippen LogP contribution < -0.4 is 14.4 Å². The molecule has 1 heterocycles. The molecule has 0 saturated heterocycles. The molecule has 0 radical (unpaired) electrons. The fourth-order valence-electron chi connectivity index (χ4n) is 3.33. The van der Waals surface area contributed by atoms with Crippen LogP contribution in [0, 0.1) is 0 Å². The quantitative estimate of drug-likeness (QED) is 0.318. The van der Waals surface area contributed by atoms with Gasteiger partial charge in [0.25, 0.3) is 5.91 Å². The van der Waals surface area contributed by atoms with E-state index in [2.05, 4.69) is 4.98 Å². The van der Waals surface area contributed by atoms with Crippen molar-refractivity contribution in [3.05, 3.63) is 71.8 Å². The van der Waals surface area contributed by atoms with Gasteiger partial charge >= 0.3 is 6.08 Å². The van der Waals surface area contributed by atoms with Crippen molar-refractivity contribution in [2.45, 2.75) is 17.9 Å². The number of fused-ring (bicyclic) bond motifs is 1. The van der Waals surface area contributed by atoms with Gasteiger partial charge in [0.1, 0.15) is 17.0 Å². The number of halogens is 1. The first-order valence-electron chi connectivity index (χ1n) is 10.9. The number of oxazole rings is 1. The predicted molar refractivity (Wildman–Crippen MR) is 136 cm³/mol. The van der Waals surface area contributed by atoms with Gasteiger partial charge in [-0.05, 0) is 67.6 Å². The molecule has 9 nitrogen and oxygen atoms in total. The zero-order valence-corrected chi connectivity index (χ0v) is 21.6. The number of nitrogens with zero attached hydrogens (tertiary/aromatic N) is 3. The van der Waals surface area contributed by atoms with Gasteiger partial charge in [0.2, 0.25) is 10.0 Å². The molecule has 1 unspecified atom stereocenters.